The number of fused-ring (bicyclic) bond motifs is 1. The Hall–Kier alpha value is -12.3. The standard InChI is InChI=1S/C76H107N17O22/c1-38(2)62(73(111)82-37-59(98)93-29-13-17-56(93)72(110)81-35-57(96)84-53(32-45-34-79-49-15-10-9-14-48(45)49)71(109)89-55(76(114)115)31-44-20-24-47(95)25-21-44)90-58(97)36-80-67(105)54(33-61(101)102)87-66(104)42(8)83-70(108)52(30-43-18-22-46(94)23-19-43)88-68(106)50(16-11-12-28-77)86-74(112)63(39(3)4)92-75(113)64(40(5)6)91-69(107)51(26-27-60(99)100)85-65(103)41(7)78/h9-10,14-15,18-25,34,38-42,50-56,62-64,79,94-95H,11-13,16-17,26-33,35-37,77-78H2,1-8H3,(H,80,105)(H,81,110)(H,82,111)(H,83,108)(H,84,96)(H,85,103)(H,86,112)(H,87,104)(H,88,106)(H,89,109)(H,90,97)(H,91,107)(H,92,113)(H,99,100)(H,101,102)(H,114,115)/t41-,42-,50-,51-,52-,53-,54-,55-,56-,62-,63-,64-/m0/s1. The Morgan fingerprint density at radius 1 is 0.470 bits per heavy atom. The minimum Gasteiger partial charge on any atom is -0.508 e. The summed E-state index contributed by atoms with van der Waals surface area (Å²) >= 11 is 0. The van der Waals surface area contributed by atoms with Crippen LogP contribution >= 0.6 is 0 Å². The highest BCUT2D eigenvalue weighted by Gasteiger charge is 2.39. The second kappa shape index (κ2) is 45.4. The fourth-order valence-electron chi connectivity index (χ4n) is 12.2. The number of nitrogens with one attached hydrogen (secondary N) is 14. The lowest BCUT2D eigenvalue weighted by Crippen LogP contribution is -2.61. The molecule has 4 aromatic rings. The van der Waals surface area contributed by atoms with Gasteiger partial charge in [-0.05, 0) is 124 Å². The molecule has 1 fully saturated rings. The van der Waals surface area contributed by atoms with Crippen molar-refractivity contribution in [3.8, 4) is 11.5 Å². The number of aromatic nitrogens is 1. The molecule has 1 aromatic heterocycles. The SMILES string of the molecule is CC(C)[C@H](NC(=O)CNC(=O)[C@H](CC(=O)O)NC(=O)[C@H](C)NC(=O)[C@H](Cc1ccc(O)cc1)NC(=O)[C@H](CCCCN)NC(=O)[C@@H](NC(=O)[C@@H](NC(=O)[C@H](CCC(=O)O)NC(=O)[C@H](C)N)C(C)C)C(C)C)C(=O)NCC(=O)N1CCC[C@H]1C(=O)NCC(=O)N[C@@H](Cc1c[nH]c2ccccc12)C(=O)N[C@@H](Cc1ccc(O)cc1)C(=O)O. The van der Waals surface area contributed by atoms with Gasteiger partial charge in [0.25, 0.3) is 0 Å². The number of aliphatic carboxylic acids is 3. The lowest BCUT2D eigenvalue weighted by molar-refractivity contribution is -0.142. The number of phenolic OH excluding ortho intramolecular Hbond substituents is 2. The molecular weight excluding hydrogens is 1500 g/mol. The maximum absolute atomic E-state index is 14.4. The molecule has 0 spiro atoms. The number of phenols is 2. The quantitative estimate of drug-likeness (QED) is 0.0193. The normalized spacial score (nSPS) is 15.4. The molecule has 0 radical (unpaired) electrons. The molecule has 39 heteroatoms. The van der Waals surface area contributed by atoms with E-state index in [9.17, 15) is 107 Å². The van der Waals surface area contributed by atoms with Crippen molar-refractivity contribution in [2.45, 2.75) is 199 Å². The average molecular weight is 1610 g/mol. The van der Waals surface area contributed by atoms with E-state index in [-0.39, 0.29) is 69.5 Å². The van der Waals surface area contributed by atoms with Crippen molar-refractivity contribution >= 4 is 112 Å². The molecule has 3 aromatic carbocycles. The molecule has 628 valence electrons. The fourth-order valence-corrected chi connectivity index (χ4v) is 12.2. The second-order valence-electron chi connectivity index (χ2n) is 29.1. The van der Waals surface area contributed by atoms with Crippen LogP contribution in [-0.4, -0.2) is 241 Å². The number of benzene rings is 3. The first-order valence-electron chi connectivity index (χ1n) is 37.6. The third kappa shape index (κ3) is 30.3. The number of likely N-dealkylation sites (tertiary alicyclic amines) is 1. The van der Waals surface area contributed by atoms with Gasteiger partial charge in [0.2, 0.25) is 82.7 Å². The van der Waals surface area contributed by atoms with Gasteiger partial charge in [0.05, 0.1) is 32.1 Å². The maximum atomic E-state index is 14.4. The van der Waals surface area contributed by atoms with Crippen LogP contribution in [0.3, 0.4) is 0 Å². The largest absolute Gasteiger partial charge is 0.508 e. The van der Waals surface area contributed by atoms with Gasteiger partial charge in [-0.15, -0.1) is 0 Å². The van der Waals surface area contributed by atoms with Crippen LogP contribution in [0.25, 0.3) is 10.9 Å². The van der Waals surface area contributed by atoms with Gasteiger partial charge >= 0.3 is 17.9 Å². The number of unbranched alkanes of at least 4 members (excludes halogenated alkanes) is 1. The van der Waals surface area contributed by atoms with Gasteiger partial charge in [-0.25, -0.2) is 4.79 Å². The first-order chi connectivity index (χ1) is 54.3. The zero-order chi connectivity index (χ0) is 85.5. The summed E-state index contributed by atoms with van der Waals surface area (Å²) in [6.07, 6.45) is 0.140. The lowest BCUT2D eigenvalue weighted by atomic mass is 9.98. The van der Waals surface area contributed by atoms with Crippen molar-refractivity contribution in [2.75, 3.05) is 32.7 Å². The van der Waals surface area contributed by atoms with Crippen LogP contribution in [0.5, 0.6) is 11.5 Å². The van der Waals surface area contributed by atoms with E-state index in [0.717, 1.165) is 17.8 Å². The highest BCUT2D eigenvalue weighted by Crippen LogP contribution is 2.22. The van der Waals surface area contributed by atoms with Crippen LogP contribution < -0.4 is 80.6 Å². The first-order valence-corrected chi connectivity index (χ1v) is 37.6. The molecule has 23 N–H and O–H groups in total. The van der Waals surface area contributed by atoms with Gasteiger partial charge in [0.1, 0.15) is 78.0 Å². The molecule has 115 heavy (non-hydrogen) atoms. The van der Waals surface area contributed by atoms with Crippen LogP contribution in [0.4, 0.5) is 0 Å². The molecule has 14 amide bonds. The number of carbonyl (C=O) groups excluding carboxylic acids is 14. The Morgan fingerprint density at radius 3 is 1.52 bits per heavy atom. The van der Waals surface area contributed by atoms with E-state index in [0.29, 0.717) is 29.5 Å². The van der Waals surface area contributed by atoms with Gasteiger partial charge in [-0.2, -0.15) is 0 Å². The molecule has 2 heterocycles. The number of aromatic amines is 1. The molecule has 1 aliphatic heterocycles. The lowest BCUT2D eigenvalue weighted by Gasteiger charge is -2.30. The number of aromatic hydroxyl groups is 2. The Balaban J connectivity index is 1.18. The van der Waals surface area contributed by atoms with E-state index in [4.69, 9.17) is 11.5 Å². The van der Waals surface area contributed by atoms with Crippen LogP contribution in [0, 0.1) is 17.8 Å². The van der Waals surface area contributed by atoms with E-state index in [2.05, 4.69) is 74.1 Å². The molecule has 12 atom stereocenters. The minimum absolute atomic E-state index is 0.0538. The smallest absolute Gasteiger partial charge is 0.326 e. The van der Waals surface area contributed by atoms with Crippen molar-refractivity contribution in [1.82, 2.24) is 79.0 Å². The highest BCUT2D eigenvalue weighted by molar-refractivity contribution is 6.00. The molecule has 0 saturated carbocycles. The summed E-state index contributed by atoms with van der Waals surface area (Å²) in [5.41, 5.74) is 13.6. The number of carboxylic acid groups (broad SMARTS) is 3. The number of H-pyrrole nitrogens is 1. The highest BCUT2D eigenvalue weighted by atomic mass is 16.4. The van der Waals surface area contributed by atoms with Crippen LogP contribution in [0.1, 0.15) is 123 Å². The maximum Gasteiger partial charge on any atom is 0.326 e. The van der Waals surface area contributed by atoms with E-state index in [1.165, 1.54) is 60.4 Å². The first kappa shape index (κ1) is 93.3. The number of carboxylic acids is 3. The van der Waals surface area contributed by atoms with E-state index >= 15 is 0 Å². The summed E-state index contributed by atoms with van der Waals surface area (Å²) in [4.78, 5) is 232. The van der Waals surface area contributed by atoms with Crippen LogP contribution in [0.15, 0.2) is 79.0 Å². The molecule has 0 bridgehead atoms. The Kier molecular flexibility index (Phi) is 36.9. The Labute approximate surface area is 662 Å². The second-order valence-corrected chi connectivity index (χ2v) is 29.1. The summed E-state index contributed by atoms with van der Waals surface area (Å²) in [5, 5.41) is 81.7. The molecule has 1 aliphatic rings. The Bertz CT molecular complexity index is 4110. The monoisotopic (exact) mass is 1610 g/mol. The number of nitrogens with zero attached hydrogens (tertiary/aromatic N) is 1. The predicted octanol–water partition coefficient (Wildman–Crippen LogP) is -3.32. The zero-order valence-electron chi connectivity index (χ0n) is 65.3. The minimum atomic E-state index is -1.90. The summed E-state index contributed by atoms with van der Waals surface area (Å²) in [6, 6.07) is 1.29. The van der Waals surface area contributed by atoms with E-state index in [1.807, 2.05) is 0 Å². The molecule has 0 unspecified atom stereocenters. The molecular formula is C76H107N17O22. The van der Waals surface area contributed by atoms with Gasteiger partial charge in [-0.3, -0.25) is 76.7 Å². The number of nitrogens with two attached hydrogens (primary N) is 2. The van der Waals surface area contributed by atoms with Gasteiger partial charge in [0, 0.05) is 49.3 Å². The molecule has 39 nitrogen and oxygen atoms in total. The molecule has 1 saturated heterocycles. The number of amides is 14. The third-order valence-corrected chi connectivity index (χ3v) is 18.7. The van der Waals surface area contributed by atoms with E-state index in [1.54, 1.807) is 72.0 Å². The van der Waals surface area contributed by atoms with Crippen molar-refractivity contribution in [3.63, 3.8) is 0 Å². The summed E-state index contributed by atoms with van der Waals surface area (Å²) in [7, 11) is 0. The molecule has 5 rings (SSSR count). The number of hydrogen-bond donors (Lipinski definition) is 21. The van der Waals surface area contributed by atoms with E-state index < -0.39 is 223 Å². The summed E-state index contributed by atoms with van der Waals surface area (Å²) < 4.78 is 0. The summed E-state index contributed by atoms with van der Waals surface area (Å²) in [6.45, 7) is 9.90. The number of carbonyl (C=O) groups is 17. The van der Waals surface area contributed by atoms with Gasteiger partial charge in [-0.1, -0.05) is 84.0 Å². The fraction of sp³-hybridized carbons (Fsp3) is 0.513. The van der Waals surface area contributed by atoms with Crippen LogP contribution in [-0.2, 0) is 101 Å². The number of rotatable bonds is 46. The van der Waals surface area contributed by atoms with Crippen molar-refractivity contribution in [3.05, 3.63) is 95.7 Å². The van der Waals surface area contributed by atoms with Crippen LogP contribution in [0.2, 0.25) is 0 Å². The Morgan fingerprint density at radius 2 is 0.948 bits per heavy atom. The average Bonchev–Trinajstić information content (AvgIpc) is 1.74. The molecule has 0 aliphatic carbocycles. The predicted molar refractivity (Wildman–Crippen MR) is 412 cm³/mol. The zero-order valence-corrected chi connectivity index (χ0v) is 65.3. The van der Waals surface area contributed by atoms with Gasteiger partial charge in [0.15, 0.2) is 0 Å². The van der Waals surface area contributed by atoms with Crippen molar-refractivity contribution in [2.24, 2.45) is 29.2 Å². The third-order valence-electron chi connectivity index (χ3n) is 18.7. The van der Waals surface area contributed by atoms with Crippen molar-refractivity contribution < 1.29 is 107 Å². The van der Waals surface area contributed by atoms with Crippen molar-refractivity contribution in [1.29, 1.82) is 0 Å². The summed E-state index contributed by atoms with van der Waals surface area (Å²) in [5.74, 6) is -19.2. The topological polar surface area (TPSA) is 619 Å². The number of para-hydroxylation sites is 1. The number of hydrogen-bond acceptors (Lipinski definition) is 21. The van der Waals surface area contributed by atoms with Gasteiger partial charge < -0.3 is 116 Å².